The minimum atomic E-state index is -1.08. The molecule has 0 aliphatic heterocycles. The molecule has 0 aliphatic rings. The summed E-state index contributed by atoms with van der Waals surface area (Å²) >= 11 is 0. The third-order valence-corrected chi connectivity index (χ3v) is 2.52. The van der Waals surface area contributed by atoms with Crippen molar-refractivity contribution in [1.29, 1.82) is 0 Å². The van der Waals surface area contributed by atoms with Crippen LogP contribution >= 0.6 is 0 Å². The molecule has 0 spiro atoms. The number of amides is 1. The lowest BCUT2D eigenvalue weighted by atomic mass is 9.93. The molecule has 1 atom stereocenters. The monoisotopic (exact) mass is 236 g/mol. The van der Waals surface area contributed by atoms with E-state index in [1.54, 1.807) is 25.1 Å². The zero-order chi connectivity index (χ0) is 12.9. The fraction of sp³-hybridized carbons (Fsp3) is 0.333. The van der Waals surface area contributed by atoms with Gasteiger partial charge < -0.3 is 15.8 Å². The fourth-order valence-electron chi connectivity index (χ4n) is 1.65. The molecule has 0 aromatic heterocycles. The van der Waals surface area contributed by atoms with Crippen molar-refractivity contribution in [3.63, 3.8) is 0 Å². The summed E-state index contributed by atoms with van der Waals surface area (Å²) in [7, 11) is 1.28. The SMILES string of the molecule is COC(=O)[C@@](C)(Cc1cccc(N)c1)NC=O. The maximum Gasteiger partial charge on any atom is 0.331 e. The molecular formula is C12H16N2O3. The normalized spacial score (nSPS) is 13.5. The third kappa shape index (κ3) is 3.21. The maximum absolute atomic E-state index is 11.6. The van der Waals surface area contributed by atoms with Crippen LogP contribution in [-0.4, -0.2) is 25.0 Å². The van der Waals surface area contributed by atoms with Crippen LogP contribution < -0.4 is 11.1 Å². The quantitative estimate of drug-likeness (QED) is 0.443. The Morgan fingerprint density at radius 2 is 2.29 bits per heavy atom. The fourth-order valence-corrected chi connectivity index (χ4v) is 1.65. The van der Waals surface area contributed by atoms with Crippen molar-refractivity contribution in [2.24, 2.45) is 0 Å². The number of nitrogens with one attached hydrogen (secondary N) is 1. The summed E-state index contributed by atoms with van der Waals surface area (Å²) in [4.78, 5) is 22.2. The number of hydrogen-bond acceptors (Lipinski definition) is 4. The first-order valence-corrected chi connectivity index (χ1v) is 5.16. The second-order valence-corrected chi connectivity index (χ2v) is 4.01. The van der Waals surface area contributed by atoms with Gasteiger partial charge in [0.15, 0.2) is 0 Å². The van der Waals surface area contributed by atoms with Gasteiger partial charge in [0.2, 0.25) is 6.41 Å². The van der Waals surface area contributed by atoms with Gasteiger partial charge in [-0.3, -0.25) is 4.79 Å². The second kappa shape index (κ2) is 5.34. The molecule has 0 bridgehead atoms. The summed E-state index contributed by atoms with van der Waals surface area (Å²) < 4.78 is 4.68. The molecule has 5 heteroatoms. The van der Waals surface area contributed by atoms with Crippen molar-refractivity contribution in [2.45, 2.75) is 18.9 Å². The van der Waals surface area contributed by atoms with Gasteiger partial charge in [-0.05, 0) is 24.6 Å². The van der Waals surface area contributed by atoms with Gasteiger partial charge in [0.1, 0.15) is 5.54 Å². The number of anilines is 1. The van der Waals surface area contributed by atoms with Crippen LogP contribution in [0.3, 0.4) is 0 Å². The van der Waals surface area contributed by atoms with Gasteiger partial charge in [0, 0.05) is 12.1 Å². The van der Waals surface area contributed by atoms with E-state index in [0.29, 0.717) is 18.5 Å². The van der Waals surface area contributed by atoms with Crippen LogP contribution in [0.15, 0.2) is 24.3 Å². The average molecular weight is 236 g/mol. The summed E-state index contributed by atoms with van der Waals surface area (Å²) in [6.07, 6.45) is 0.812. The van der Waals surface area contributed by atoms with Crippen molar-refractivity contribution < 1.29 is 14.3 Å². The van der Waals surface area contributed by atoms with E-state index >= 15 is 0 Å². The number of methoxy groups -OCH3 is 1. The largest absolute Gasteiger partial charge is 0.467 e. The Kier molecular flexibility index (Phi) is 4.09. The van der Waals surface area contributed by atoms with Gasteiger partial charge in [-0.1, -0.05) is 12.1 Å². The van der Waals surface area contributed by atoms with E-state index in [1.165, 1.54) is 7.11 Å². The lowest BCUT2D eigenvalue weighted by Crippen LogP contribution is -2.51. The third-order valence-electron chi connectivity index (χ3n) is 2.52. The molecule has 1 rings (SSSR count). The molecule has 0 unspecified atom stereocenters. The summed E-state index contributed by atoms with van der Waals surface area (Å²) in [6, 6.07) is 7.15. The van der Waals surface area contributed by atoms with E-state index in [9.17, 15) is 9.59 Å². The van der Waals surface area contributed by atoms with Crippen LogP contribution in [0.1, 0.15) is 12.5 Å². The molecule has 0 aliphatic carbocycles. The van der Waals surface area contributed by atoms with Gasteiger partial charge in [-0.25, -0.2) is 4.79 Å². The number of hydrogen-bond donors (Lipinski definition) is 2. The Labute approximate surface area is 99.9 Å². The van der Waals surface area contributed by atoms with Crippen molar-refractivity contribution in [1.82, 2.24) is 5.32 Å². The smallest absolute Gasteiger partial charge is 0.331 e. The molecule has 1 aromatic rings. The van der Waals surface area contributed by atoms with Crippen LogP contribution in [0.2, 0.25) is 0 Å². The van der Waals surface area contributed by atoms with Crippen molar-refractivity contribution in [3.05, 3.63) is 29.8 Å². The van der Waals surface area contributed by atoms with Crippen LogP contribution in [0.4, 0.5) is 5.69 Å². The predicted molar refractivity (Wildman–Crippen MR) is 64.2 cm³/mol. The lowest BCUT2D eigenvalue weighted by Gasteiger charge is -2.26. The topological polar surface area (TPSA) is 81.4 Å². The van der Waals surface area contributed by atoms with E-state index < -0.39 is 11.5 Å². The molecule has 17 heavy (non-hydrogen) atoms. The van der Waals surface area contributed by atoms with Crippen LogP contribution in [0, 0.1) is 0 Å². The molecule has 0 saturated heterocycles. The van der Waals surface area contributed by atoms with Gasteiger partial charge in [-0.2, -0.15) is 0 Å². The van der Waals surface area contributed by atoms with E-state index in [1.807, 2.05) is 6.07 Å². The maximum atomic E-state index is 11.6. The summed E-state index contributed by atoms with van der Waals surface area (Å²) in [5.74, 6) is -0.493. The van der Waals surface area contributed by atoms with E-state index in [-0.39, 0.29) is 0 Å². The number of esters is 1. The number of ether oxygens (including phenoxy) is 1. The van der Waals surface area contributed by atoms with Crippen molar-refractivity contribution in [2.75, 3.05) is 12.8 Å². The second-order valence-electron chi connectivity index (χ2n) is 4.01. The molecular weight excluding hydrogens is 220 g/mol. The molecule has 0 saturated carbocycles. The number of nitrogen functional groups attached to an aromatic ring is 1. The molecule has 0 fully saturated rings. The van der Waals surface area contributed by atoms with Crippen LogP contribution in [-0.2, 0) is 20.7 Å². The Balaban J connectivity index is 2.94. The first-order valence-electron chi connectivity index (χ1n) is 5.16. The molecule has 5 nitrogen and oxygen atoms in total. The number of carbonyl (C=O) groups excluding carboxylic acids is 2. The number of carbonyl (C=O) groups is 2. The standard InChI is InChI=1S/C12H16N2O3/c1-12(14-8-15,11(16)17-2)7-9-4-3-5-10(13)6-9/h3-6,8H,7,13H2,1-2H3,(H,14,15)/t12-/m1/s1. The lowest BCUT2D eigenvalue weighted by molar-refractivity contribution is -0.148. The Hall–Kier alpha value is -2.04. The Morgan fingerprint density at radius 1 is 1.59 bits per heavy atom. The molecule has 92 valence electrons. The van der Waals surface area contributed by atoms with Gasteiger partial charge in [0.25, 0.3) is 0 Å². The highest BCUT2D eigenvalue weighted by atomic mass is 16.5. The van der Waals surface area contributed by atoms with Gasteiger partial charge >= 0.3 is 5.97 Å². The van der Waals surface area contributed by atoms with Crippen LogP contribution in [0.25, 0.3) is 0 Å². The average Bonchev–Trinajstić information content (AvgIpc) is 2.28. The minimum absolute atomic E-state index is 0.323. The molecule has 1 amide bonds. The zero-order valence-electron chi connectivity index (χ0n) is 9.90. The van der Waals surface area contributed by atoms with E-state index in [4.69, 9.17) is 5.73 Å². The Bertz CT molecular complexity index is 420. The Morgan fingerprint density at radius 3 is 2.82 bits per heavy atom. The van der Waals surface area contributed by atoms with E-state index in [0.717, 1.165) is 5.56 Å². The molecule has 1 aromatic carbocycles. The first kappa shape index (κ1) is 13.0. The highest BCUT2D eigenvalue weighted by molar-refractivity contribution is 5.83. The minimum Gasteiger partial charge on any atom is -0.467 e. The van der Waals surface area contributed by atoms with Gasteiger partial charge in [-0.15, -0.1) is 0 Å². The zero-order valence-corrected chi connectivity index (χ0v) is 9.90. The highest BCUT2D eigenvalue weighted by Crippen LogP contribution is 2.16. The predicted octanol–water partition coefficient (Wildman–Crippen LogP) is 0.489. The van der Waals surface area contributed by atoms with E-state index in [2.05, 4.69) is 10.1 Å². The van der Waals surface area contributed by atoms with Crippen LogP contribution in [0.5, 0.6) is 0 Å². The molecule has 0 radical (unpaired) electrons. The highest BCUT2D eigenvalue weighted by Gasteiger charge is 2.34. The molecule has 0 heterocycles. The summed E-state index contributed by atoms with van der Waals surface area (Å²) in [6.45, 7) is 1.61. The number of benzene rings is 1. The summed E-state index contributed by atoms with van der Waals surface area (Å²) in [5.41, 5.74) is 6.04. The number of rotatable bonds is 5. The van der Waals surface area contributed by atoms with Gasteiger partial charge in [0.05, 0.1) is 7.11 Å². The molecule has 3 N–H and O–H groups in total. The summed E-state index contributed by atoms with van der Waals surface area (Å²) in [5, 5.41) is 2.48. The first-order chi connectivity index (χ1) is 8.01. The van der Waals surface area contributed by atoms with Crippen molar-refractivity contribution in [3.8, 4) is 0 Å². The van der Waals surface area contributed by atoms with Crippen molar-refractivity contribution >= 4 is 18.1 Å². The number of nitrogens with two attached hydrogens (primary N) is 1.